The summed E-state index contributed by atoms with van der Waals surface area (Å²) in [5.74, 6) is 0.506. The summed E-state index contributed by atoms with van der Waals surface area (Å²) in [5, 5.41) is 5.90. The molecule has 4 nitrogen and oxygen atoms in total. The van der Waals surface area contributed by atoms with E-state index in [1.165, 1.54) is 17.7 Å². The van der Waals surface area contributed by atoms with Gasteiger partial charge in [0.05, 0.1) is 6.54 Å². The van der Waals surface area contributed by atoms with E-state index in [1.54, 1.807) is 30.2 Å². The zero-order chi connectivity index (χ0) is 21.3. The van der Waals surface area contributed by atoms with Crippen LogP contribution in [0, 0.1) is 5.82 Å². The first kappa shape index (κ1) is 20.2. The molecule has 1 fully saturated rings. The van der Waals surface area contributed by atoms with Gasteiger partial charge in [-0.2, -0.15) is 5.10 Å². The third kappa shape index (κ3) is 4.11. The fourth-order valence-electron chi connectivity index (χ4n) is 3.76. The summed E-state index contributed by atoms with van der Waals surface area (Å²) >= 11 is 8.07. The van der Waals surface area contributed by atoms with Gasteiger partial charge in [0.15, 0.2) is 5.16 Å². The predicted molar refractivity (Wildman–Crippen MR) is 119 cm³/mol. The van der Waals surface area contributed by atoms with Crippen molar-refractivity contribution in [3.63, 3.8) is 0 Å². The zero-order valence-corrected chi connectivity index (χ0v) is 18.1. The summed E-state index contributed by atoms with van der Waals surface area (Å²) < 4.78 is 21.7. The molecule has 4 aromatic rings. The number of halogens is 2. The topological polar surface area (TPSA) is 43.2 Å². The van der Waals surface area contributed by atoms with Crippen LogP contribution in [-0.4, -0.2) is 14.8 Å². The van der Waals surface area contributed by atoms with Gasteiger partial charge in [0.25, 0.3) is 0 Å². The van der Waals surface area contributed by atoms with Gasteiger partial charge in [0.2, 0.25) is 0 Å². The van der Waals surface area contributed by atoms with Gasteiger partial charge >= 0.3 is 0 Å². The molecule has 7 heteroatoms. The molecule has 1 aliphatic rings. The summed E-state index contributed by atoms with van der Waals surface area (Å²) in [6.45, 7) is 0.450. The van der Waals surface area contributed by atoms with E-state index in [-0.39, 0.29) is 11.9 Å². The number of epoxide rings is 1. The van der Waals surface area contributed by atoms with Gasteiger partial charge in [0, 0.05) is 16.3 Å². The largest absolute Gasteiger partial charge is 0.354 e. The van der Waals surface area contributed by atoms with Crippen LogP contribution in [0.15, 0.2) is 90.3 Å². The van der Waals surface area contributed by atoms with Crippen LogP contribution in [0.2, 0.25) is 5.02 Å². The van der Waals surface area contributed by atoms with Crippen molar-refractivity contribution in [2.45, 2.75) is 29.2 Å². The van der Waals surface area contributed by atoms with Crippen LogP contribution >= 0.6 is 23.4 Å². The van der Waals surface area contributed by atoms with Crippen molar-refractivity contribution in [3.05, 3.63) is 113 Å². The molecule has 3 aromatic carbocycles. The van der Waals surface area contributed by atoms with Crippen molar-refractivity contribution >= 4 is 23.4 Å². The lowest BCUT2D eigenvalue weighted by Gasteiger charge is -2.16. The van der Waals surface area contributed by atoms with Gasteiger partial charge in [-0.05, 0) is 29.3 Å². The number of thioether (sulfide) groups is 1. The van der Waals surface area contributed by atoms with Crippen molar-refractivity contribution in [1.29, 1.82) is 0 Å². The molecule has 0 aliphatic carbocycles. The first-order valence-electron chi connectivity index (χ1n) is 9.88. The van der Waals surface area contributed by atoms with Crippen LogP contribution < -0.4 is 0 Å². The van der Waals surface area contributed by atoms with Crippen LogP contribution in [0.4, 0.5) is 4.39 Å². The number of hydrogen-bond donors (Lipinski definition) is 0. The second-order valence-electron chi connectivity index (χ2n) is 7.39. The molecular weight excluding hydrogens is 433 g/mol. The van der Waals surface area contributed by atoms with E-state index >= 15 is 0 Å². The molecule has 2 unspecified atom stereocenters. The summed E-state index contributed by atoms with van der Waals surface area (Å²) in [6, 6.07) is 24.3. The molecule has 1 aromatic heterocycles. The molecule has 1 aliphatic heterocycles. The molecule has 2 atom stereocenters. The Balaban J connectivity index is 1.44. The minimum Gasteiger partial charge on any atom is -0.354 e. The lowest BCUT2D eigenvalue weighted by molar-refractivity contribution is 0.256. The van der Waals surface area contributed by atoms with Gasteiger partial charge in [-0.1, -0.05) is 84.0 Å². The van der Waals surface area contributed by atoms with E-state index in [9.17, 15) is 4.39 Å². The molecule has 1 saturated heterocycles. The number of nitrogens with zero attached hydrogens (tertiary/aromatic N) is 3. The summed E-state index contributed by atoms with van der Waals surface area (Å²) in [5.41, 5.74) is 2.32. The van der Waals surface area contributed by atoms with Crippen molar-refractivity contribution in [1.82, 2.24) is 14.8 Å². The normalized spacial score (nSPS) is 20.0. The maximum Gasteiger partial charge on any atom is 0.186 e. The maximum absolute atomic E-state index is 13.6. The third-order valence-corrected chi connectivity index (χ3v) is 6.79. The lowest BCUT2D eigenvalue weighted by atomic mass is 9.91. The lowest BCUT2D eigenvalue weighted by Crippen LogP contribution is -2.20. The number of rotatable bonds is 7. The molecule has 0 amide bonds. The van der Waals surface area contributed by atoms with E-state index in [0.717, 1.165) is 22.0 Å². The number of hydrogen-bond acceptors (Lipinski definition) is 4. The van der Waals surface area contributed by atoms with Gasteiger partial charge in [-0.3, -0.25) is 0 Å². The van der Waals surface area contributed by atoms with E-state index in [0.29, 0.717) is 11.6 Å². The predicted octanol–water partition coefficient (Wildman–Crippen LogP) is 6.03. The highest BCUT2D eigenvalue weighted by atomic mass is 35.5. The average molecular weight is 452 g/mol. The van der Waals surface area contributed by atoms with Crippen LogP contribution in [0.25, 0.3) is 0 Å². The summed E-state index contributed by atoms with van der Waals surface area (Å²) in [7, 11) is 0. The molecule has 0 N–H and O–H groups in total. The second kappa shape index (κ2) is 8.46. The number of ether oxygens (including phenoxy) is 1. The number of aromatic nitrogens is 3. The molecule has 0 radical (unpaired) electrons. The SMILES string of the molecule is Fc1ccc(C2(Cn3ncnc3SCc3ccccc3)OC2c2ccccc2Cl)cc1. The van der Waals surface area contributed by atoms with Gasteiger partial charge in [-0.25, -0.2) is 14.1 Å². The first-order valence-corrected chi connectivity index (χ1v) is 11.2. The third-order valence-electron chi connectivity index (χ3n) is 5.39. The standard InChI is InChI=1S/C24H19ClFN3OS/c25-21-9-5-4-8-20(21)22-24(30-22,18-10-12-19(26)13-11-18)15-29-23(27-16-28-29)31-14-17-6-2-1-3-7-17/h1-13,16,22H,14-15H2. The van der Waals surface area contributed by atoms with E-state index in [2.05, 4.69) is 22.2 Å². The minimum absolute atomic E-state index is 0.247. The average Bonchev–Trinajstić information content (AvgIpc) is 3.34. The zero-order valence-electron chi connectivity index (χ0n) is 16.5. The summed E-state index contributed by atoms with van der Waals surface area (Å²) in [4.78, 5) is 4.44. The first-order chi connectivity index (χ1) is 15.2. The monoisotopic (exact) mass is 451 g/mol. The summed E-state index contributed by atoms with van der Waals surface area (Å²) in [6.07, 6.45) is 1.31. The molecule has 31 heavy (non-hydrogen) atoms. The minimum atomic E-state index is -0.686. The van der Waals surface area contributed by atoms with E-state index < -0.39 is 5.60 Å². The van der Waals surface area contributed by atoms with Crippen LogP contribution in [-0.2, 0) is 22.6 Å². The Bertz CT molecular complexity index is 1180. The van der Waals surface area contributed by atoms with Gasteiger partial charge < -0.3 is 4.74 Å². The van der Waals surface area contributed by atoms with Crippen LogP contribution in [0.1, 0.15) is 22.8 Å². The van der Waals surface area contributed by atoms with E-state index in [1.807, 2.05) is 47.1 Å². The van der Waals surface area contributed by atoms with Crippen LogP contribution in [0.5, 0.6) is 0 Å². The van der Waals surface area contributed by atoms with Crippen molar-refractivity contribution < 1.29 is 9.13 Å². The molecule has 0 spiro atoms. The Hall–Kier alpha value is -2.67. The second-order valence-corrected chi connectivity index (χ2v) is 8.74. The highest BCUT2D eigenvalue weighted by Gasteiger charge is 2.59. The fourth-order valence-corrected chi connectivity index (χ4v) is 4.87. The van der Waals surface area contributed by atoms with Crippen LogP contribution in [0.3, 0.4) is 0 Å². The molecule has 5 rings (SSSR count). The highest BCUT2D eigenvalue weighted by Crippen LogP contribution is 2.59. The number of benzene rings is 3. The van der Waals surface area contributed by atoms with E-state index in [4.69, 9.17) is 16.3 Å². The molecule has 0 bridgehead atoms. The van der Waals surface area contributed by atoms with Gasteiger partial charge in [0.1, 0.15) is 23.8 Å². The Morgan fingerprint density at radius 2 is 1.74 bits per heavy atom. The highest BCUT2D eigenvalue weighted by molar-refractivity contribution is 7.98. The Kier molecular flexibility index (Phi) is 5.52. The Morgan fingerprint density at radius 1 is 1.00 bits per heavy atom. The molecular formula is C24H19ClFN3OS. The van der Waals surface area contributed by atoms with Crippen molar-refractivity contribution in [2.24, 2.45) is 0 Å². The van der Waals surface area contributed by atoms with Crippen molar-refractivity contribution in [3.8, 4) is 0 Å². The Labute approximate surface area is 189 Å². The fraction of sp³-hybridized carbons (Fsp3) is 0.167. The molecule has 156 valence electrons. The molecule has 0 saturated carbocycles. The van der Waals surface area contributed by atoms with Crippen molar-refractivity contribution in [2.75, 3.05) is 0 Å². The Morgan fingerprint density at radius 3 is 2.52 bits per heavy atom. The maximum atomic E-state index is 13.6. The molecule has 2 heterocycles. The quantitative estimate of drug-likeness (QED) is 0.254. The smallest absolute Gasteiger partial charge is 0.186 e. The van der Waals surface area contributed by atoms with Gasteiger partial charge in [-0.15, -0.1) is 0 Å².